The Labute approximate surface area is 108 Å². The fraction of sp³-hybridized carbons (Fsp3) is 0.600. The summed E-state index contributed by atoms with van der Waals surface area (Å²) in [5, 5.41) is 0. The van der Waals surface area contributed by atoms with Crippen LogP contribution in [0.15, 0.2) is 24.3 Å². The number of fused-ring (bicyclic) bond motifs is 5. The third-order valence-corrected chi connectivity index (χ3v) is 4.96. The van der Waals surface area contributed by atoms with Crippen LogP contribution < -0.4 is 0 Å². The molecule has 2 amide bonds. The van der Waals surface area contributed by atoms with Crippen LogP contribution in [-0.4, -0.2) is 23.8 Å². The molecule has 2 aliphatic carbocycles. The van der Waals surface area contributed by atoms with Crippen molar-refractivity contribution in [3.8, 4) is 0 Å². The van der Waals surface area contributed by atoms with Crippen LogP contribution in [0, 0.1) is 23.2 Å². The highest BCUT2D eigenvalue weighted by atomic mass is 16.2. The van der Waals surface area contributed by atoms with Crippen molar-refractivity contribution < 1.29 is 9.59 Å². The molecule has 3 rings (SSSR count). The smallest absolute Gasteiger partial charge is 0.233 e. The molecule has 4 atom stereocenters. The Balaban J connectivity index is 1.91. The van der Waals surface area contributed by atoms with Gasteiger partial charge < -0.3 is 0 Å². The zero-order chi connectivity index (χ0) is 12.9. The van der Waals surface area contributed by atoms with Crippen LogP contribution >= 0.6 is 0 Å². The van der Waals surface area contributed by atoms with E-state index in [1.165, 1.54) is 4.90 Å². The molecule has 0 N–H and O–H groups in total. The van der Waals surface area contributed by atoms with E-state index in [1.54, 1.807) is 7.05 Å². The van der Waals surface area contributed by atoms with Gasteiger partial charge in [-0.25, -0.2) is 0 Å². The predicted octanol–water partition coefficient (Wildman–Crippen LogP) is 2.15. The molecule has 3 nitrogen and oxygen atoms in total. The molecule has 0 aromatic rings. The molecule has 0 radical (unpaired) electrons. The molecule has 3 heteroatoms. The quantitative estimate of drug-likeness (QED) is 0.564. The fourth-order valence-corrected chi connectivity index (χ4v) is 4.10. The zero-order valence-corrected chi connectivity index (χ0v) is 10.9. The third kappa shape index (κ3) is 1.30. The zero-order valence-electron chi connectivity index (χ0n) is 10.9. The van der Waals surface area contributed by atoms with Crippen molar-refractivity contribution in [2.24, 2.45) is 23.2 Å². The number of likely N-dealkylation sites (tertiary alicyclic amines) is 1. The van der Waals surface area contributed by atoms with Crippen LogP contribution in [0.25, 0.3) is 0 Å². The van der Waals surface area contributed by atoms with Crippen molar-refractivity contribution in [3.63, 3.8) is 0 Å². The maximum absolute atomic E-state index is 12.3. The maximum atomic E-state index is 12.3. The molecule has 2 bridgehead atoms. The van der Waals surface area contributed by atoms with E-state index in [9.17, 15) is 9.59 Å². The Bertz CT molecular complexity index is 465. The standard InChI is InChI=1S/C15H19NO2/c1-3-4-5-7-15-8-6-10(9-15)11-12(15)14(18)16(2)13(11)17/h3-4,6,8,10-12H,5,7,9H2,1-2H3. The number of allylic oxidation sites excluding steroid dienone is 4. The Morgan fingerprint density at radius 3 is 2.94 bits per heavy atom. The van der Waals surface area contributed by atoms with Crippen molar-refractivity contribution in [1.29, 1.82) is 0 Å². The van der Waals surface area contributed by atoms with Gasteiger partial charge in [-0.1, -0.05) is 24.3 Å². The molecule has 0 spiro atoms. The molecular weight excluding hydrogens is 226 g/mol. The van der Waals surface area contributed by atoms with Gasteiger partial charge in [0.05, 0.1) is 11.8 Å². The number of rotatable bonds is 3. The van der Waals surface area contributed by atoms with E-state index in [4.69, 9.17) is 0 Å². The van der Waals surface area contributed by atoms with Crippen LogP contribution in [0.4, 0.5) is 0 Å². The molecule has 18 heavy (non-hydrogen) atoms. The average Bonchev–Trinajstić information content (AvgIpc) is 2.97. The Morgan fingerprint density at radius 1 is 1.44 bits per heavy atom. The van der Waals surface area contributed by atoms with Crippen LogP contribution in [-0.2, 0) is 9.59 Å². The van der Waals surface area contributed by atoms with Gasteiger partial charge >= 0.3 is 0 Å². The number of hydrogen-bond donors (Lipinski definition) is 0. The Hall–Kier alpha value is -1.38. The highest BCUT2D eigenvalue weighted by molar-refractivity contribution is 6.06. The molecule has 1 saturated carbocycles. The minimum Gasteiger partial charge on any atom is -0.285 e. The van der Waals surface area contributed by atoms with Crippen LogP contribution in [0.5, 0.6) is 0 Å². The second kappa shape index (κ2) is 3.81. The molecular formula is C15H19NO2. The monoisotopic (exact) mass is 245 g/mol. The molecule has 0 aromatic heterocycles. The largest absolute Gasteiger partial charge is 0.285 e. The molecule has 1 heterocycles. The first-order valence-electron chi connectivity index (χ1n) is 6.72. The lowest BCUT2D eigenvalue weighted by Crippen LogP contribution is -2.33. The summed E-state index contributed by atoms with van der Waals surface area (Å²) >= 11 is 0. The van der Waals surface area contributed by atoms with Crippen molar-refractivity contribution in [1.82, 2.24) is 4.90 Å². The third-order valence-electron chi connectivity index (χ3n) is 4.96. The van der Waals surface area contributed by atoms with Gasteiger partial charge in [0.25, 0.3) is 0 Å². The van der Waals surface area contributed by atoms with Gasteiger partial charge in [-0.05, 0) is 32.1 Å². The number of hydrogen-bond acceptors (Lipinski definition) is 2. The predicted molar refractivity (Wildman–Crippen MR) is 68.5 cm³/mol. The number of carbonyl (C=O) groups excluding carboxylic acids is 2. The number of imide groups is 1. The fourth-order valence-electron chi connectivity index (χ4n) is 4.10. The van der Waals surface area contributed by atoms with Crippen molar-refractivity contribution in [2.75, 3.05) is 7.05 Å². The van der Waals surface area contributed by atoms with Gasteiger partial charge in [-0.3, -0.25) is 14.5 Å². The van der Waals surface area contributed by atoms with E-state index < -0.39 is 0 Å². The molecule has 96 valence electrons. The summed E-state index contributed by atoms with van der Waals surface area (Å²) in [6.07, 6.45) is 11.5. The SMILES string of the molecule is CC=CCCC12C=CC(C1)C1C(=O)N(C)C(=O)C12. The summed E-state index contributed by atoms with van der Waals surface area (Å²) in [4.78, 5) is 25.7. The summed E-state index contributed by atoms with van der Waals surface area (Å²) in [7, 11) is 1.63. The second-order valence-electron chi connectivity index (χ2n) is 5.81. The average molecular weight is 245 g/mol. The second-order valence-corrected chi connectivity index (χ2v) is 5.81. The number of nitrogens with zero attached hydrogens (tertiary/aromatic N) is 1. The first-order valence-corrected chi connectivity index (χ1v) is 6.72. The van der Waals surface area contributed by atoms with E-state index >= 15 is 0 Å². The molecule has 1 aliphatic heterocycles. The Morgan fingerprint density at radius 2 is 2.22 bits per heavy atom. The minimum absolute atomic E-state index is 0.0345. The first kappa shape index (κ1) is 11.7. The molecule has 1 saturated heterocycles. The van der Waals surface area contributed by atoms with Crippen LogP contribution in [0.2, 0.25) is 0 Å². The van der Waals surface area contributed by atoms with Crippen LogP contribution in [0.1, 0.15) is 26.2 Å². The van der Waals surface area contributed by atoms with Crippen LogP contribution in [0.3, 0.4) is 0 Å². The van der Waals surface area contributed by atoms with Gasteiger partial charge in [-0.2, -0.15) is 0 Å². The van der Waals surface area contributed by atoms with Gasteiger partial charge in [-0.15, -0.1) is 0 Å². The van der Waals surface area contributed by atoms with Gasteiger partial charge in [0, 0.05) is 12.5 Å². The summed E-state index contributed by atoms with van der Waals surface area (Å²) in [5.74, 6) is 0.208. The highest BCUT2D eigenvalue weighted by Gasteiger charge is 2.64. The summed E-state index contributed by atoms with van der Waals surface area (Å²) in [6.45, 7) is 2.01. The topological polar surface area (TPSA) is 37.4 Å². The molecule has 2 fully saturated rings. The van der Waals surface area contributed by atoms with Gasteiger partial charge in [0.15, 0.2) is 0 Å². The highest BCUT2D eigenvalue weighted by Crippen LogP contribution is 2.61. The minimum atomic E-state index is -0.0877. The van der Waals surface area contributed by atoms with Crippen molar-refractivity contribution in [2.45, 2.75) is 26.2 Å². The summed E-state index contributed by atoms with van der Waals surface area (Å²) < 4.78 is 0. The van der Waals surface area contributed by atoms with Crippen molar-refractivity contribution >= 4 is 11.8 Å². The van der Waals surface area contributed by atoms with E-state index in [1.807, 2.05) is 13.0 Å². The van der Waals surface area contributed by atoms with Crippen molar-refractivity contribution in [3.05, 3.63) is 24.3 Å². The lowest BCUT2D eigenvalue weighted by Gasteiger charge is -2.30. The summed E-state index contributed by atoms with van der Waals surface area (Å²) in [6, 6.07) is 0. The first-order chi connectivity index (χ1) is 8.60. The lowest BCUT2D eigenvalue weighted by molar-refractivity contribution is -0.139. The normalized spacial score (nSPS) is 41.4. The molecule has 0 aromatic carbocycles. The Kier molecular flexibility index (Phi) is 2.47. The molecule has 4 unspecified atom stereocenters. The molecule has 3 aliphatic rings. The van der Waals surface area contributed by atoms with E-state index in [-0.39, 0.29) is 29.1 Å². The van der Waals surface area contributed by atoms with Gasteiger partial charge in [0.1, 0.15) is 0 Å². The number of carbonyl (C=O) groups is 2. The number of amides is 2. The van der Waals surface area contributed by atoms with Gasteiger partial charge in [0.2, 0.25) is 11.8 Å². The maximum Gasteiger partial charge on any atom is 0.233 e. The summed E-state index contributed by atoms with van der Waals surface area (Å²) in [5.41, 5.74) is -0.0493. The van der Waals surface area contributed by atoms with E-state index in [0.29, 0.717) is 5.92 Å². The lowest BCUT2D eigenvalue weighted by atomic mass is 9.72. The van der Waals surface area contributed by atoms with E-state index in [0.717, 1.165) is 19.3 Å². The van der Waals surface area contributed by atoms with E-state index in [2.05, 4.69) is 18.2 Å².